The molecule has 0 saturated heterocycles. The first-order chi connectivity index (χ1) is 14.6. The van der Waals surface area contributed by atoms with Crippen LogP contribution in [0.15, 0.2) is 97.1 Å². The number of carbonyl (C=O) groups is 1. The Balaban J connectivity index is 1.77. The van der Waals surface area contributed by atoms with E-state index >= 15 is 0 Å². The van der Waals surface area contributed by atoms with Gasteiger partial charge in [0.05, 0.1) is 5.56 Å². The van der Waals surface area contributed by atoms with Gasteiger partial charge in [-0.15, -0.1) is 0 Å². The number of carbonyl (C=O) groups excluding carboxylic acids is 1. The van der Waals surface area contributed by atoms with Crippen LogP contribution in [0.5, 0.6) is 23.0 Å². The second-order valence-corrected chi connectivity index (χ2v) is 6.44. The number of hydrogen-bond donors (Lipinski definition) is 0. The fraction of sp³-hybridized carbons (Fsp3) is 0. The van der Waals surface area contributed by atoms with Crippen molar-refractivity contribution in [3.63, 3.8) is 0 Å². The Labute approximate surface area is 172 Å². The van der Waals surface area contributed by atoms with Crippen molar-refractivity contribution >= 4 is 5.78 Å². The molecule has 3 nitrogen and oxygen atoms in total. The predicted molar refractivity (Wildman–Crippen MR) is 109 cm³/mol. The summed E-state index contributed by atoms with van der Waals surface area (Å²) in [6, 6.07) is 24.7. The number of rotatable bonds is 6. The normalized spacial score (nSPS) is 10.5. The van der Waals surface area contributed by atoms with Crippen molar-refractivity contribution in [2.24, 2.45) is 0 Å². The summed E-state index contributed by atoms with van der Waals surface area (Å²) in [4.78, 5) is 13.1. The number of hydrogen-bond acceptors (Lipinski definition) is 3. The molecular formula is C25H16F2O3. The Morgan fingerprint density at radius 1 is 0.600 bits per heavy atom. The van der Waals surface area contributed by atoms with E-state index in [1.165, 1.54) is 48.5 Å². The molecule has 148 valence electrons. The van der Waals surface area contributed by atoms with Gasteiger partial charge in [-0.2, -0.15) is 0 Å². The maximum absolute atomic E-state index is 13.3. The zero-order valence-electron chi connectivity index (χ0n) is 15.7. The molecule has 0 aliphatic carbocycles. The quantitative estimate of drug-likeness (QED) is 0.334. The van der Waals surface area contributed by atoms with Crippen LogP contribution in [-0.2, 0) is 0 Å². The molecule has 4 rings (SSSR count). The monoisotopic (exact) mass is 402 g/mol. The average molecular weight is 402 g/mol. The van der Waals surface area contributed by atoms with Gasteiger partial charge in [-0.3, -0.25) is 4.79 Å². The molecule has 0 aliphatic rings. The number of benzene rings is 4. The molecule has 4 aromatic rings. The van der Waals surface area contributed by atoms with E-state index in [1.807, 2.05) is 6.07 Å². The van der Waals surface area contributed by atoms with E-state index in [4.69, 9.17) is 9.47 Å². The lowest BCUT2D eigenvalue weighted by molar-refractivity contribution is 0.103. The van der Waals surface area contributed by atoms with E-state index in [2.05, 4.69) is 0 Å². The van der Waals surface area contributed by atoms with Crippen molar-refractivity contribution in [3.8, 4) is 23.0 Å². The third-order valence-electron chi connectivity index (χ3n) is 4.33. The topological polar surface area (TPSA) is 35.5 Å². The summed E-state index contributed by atoms with van der Waals surface area (Å²) in [5.74, 6) is 0.127. The van der Waals surface area contributed by atoms with Crippen molar-refractivity contribution in [1.82, 2.24) is 0 Å². The van der Waals surface area contributed by atoms with Crippen LogP contribution in [-0.4, -0.2) is 5.78 Å². The Morgan fingerprint density at radius 2 is 1.17 bits per heavy atom. The Morgan fingerprint density at radius 3 is 1.77 bits per heavy atom. The SMILES string of the molecule is O=C(c1ccccc1)c1cccc(Oc2ccc(F)cc2)c1Oc1ccc(F)cc1. The molecule has 0 heterocycles. The average Bonchev–Trinajstić information content (AvgIpc) is 2.78. The zero-order chi connectivity index (χ0) is 20.9. The van der Waals surface area contributed by atoms with Crippen LogP contribution in [0.4, 0.5) is 8.78 Å². The molecular weight excluding hydrogens is 386 g/mol. The molecule has 0 N–H and O–H groups in total. The molecule has 5 heteroatoms. The minimum Gasteiger partial charge on any atom is -0.453 e. The van der Waals surface area contributed by atoms with Crippen molar-refractivity contribution in [1.29, 1.82) is 0 Å². The second-order valence-electron chi connectivity index (χ2n) is 6.44. The lowest BCUT2D eigenvalue weighted by Gasteiger charge is -2.16. The third kappa shape index (κ3) is 4.36. The molecule has 0 aromatic heterocycles. The van der Waals surface area contributed by atoms with Crippen LogP contribution in [0.1, 0.15) is 15.9 Å². The van der Waals surface area contributed by atoms with Gasteiger partial charge in [-0.1, -0.05) is 36.4 Å². The summed E-state index contributed by atoms with van der Waals surface area (Å²) in [6.07, 6.45) is 0. The molecule has 0 saturated carbocycles. The predicted octanol–water partition coefficient (Wildman–Crippen LogP) is 6.78. The number of para-hydroxylation sites is 1. The molecule has 0 unspecified atom stereocenters. The summed E-state index contributed by atoms with van der Waals surface area (Å²) in [6.45, 7) is 0. The smallest absolute Gasteiger partial charge is 0.196 e. The van der Waals surface area contributed by atoms with Crippen molar-refractivity contribution < 1.29 is 23.0 Å². The molecule has 0 amide bonds. The minimum absolute atomic E-state index is 0.183. The van der Waals surface area contributed by atoms with E-state index in [9.17, 15) is 13.6 Å². The highest BCUT2D eigenvalue weighted by Gasteiger charge is 2.20. The van der Waals surface area contributed by atoms with E-state index in [-0.39, 0.29) is 22.8 Å². The minimum atomic E-state index is -0.404. The summed E-state index contributed by atoms with van der Waals surface area (Å²) in [5, 5.41) is 0. The Hall–Kier alpha value is -3.99. The molecule has 0 bridgehead atoms. The first kappa shape index (κ1) is 19.3. The fourth-order valence-corrected chi connectivity index (χ4v) is 2.88. The Kier molecular flexibility index (Phi) is 5.52. The summed E-state index contributed by atoms with van der Waals surface area (Å²) >= 11 is 0. The standard InChI is InChI=1S/C25H16F2O3/c26-18-9-13-20(14-10-18)29-23-8-4-7-22(24(28)17-5-2-1-3-6-17)25(23)30-21-15-11-19(27)12-16-21/h1-16H. The summed E-state index contributed by atoms with van der Waals surface area (Å²) in [5.41, 5.74) is 0.769. The van der Waals surface area contributed by atoms with E-state index < -0.39 is 11.6 Å². The molecule has 0 radical (unpaired) electrons. The van der Waals surface area contributed by atoms with Crippen molar-refractivity contribution in [2.75, 3.05) is 0 Å². The van der Waals surface area contributed by atoms with E-state index in [0.29, 0.717) is 17.1 Å². The van der Waals surface area contributed by atoms with Gasteiger partial charge >= 0.3 is 0 Å². The molecule has 0 fully saturated rings. The van der Waals surface area contributed by atoms with Crippen molar-refractivity contribution in [2.45, 2.75) is 0 Å². The van der Waals surface area contributed by atoms with Crippen LogP contribution in [0.25, 0.3) is 0 Å². The van der Waals surface area contributed by atoms with Crippen molar-refractivity contribution in [3.05, 3.63) is 120 Å². The largest absolute Gasteiger partial charge is 0.453 e. The van der Waals surface area contributed by atoms with Gasteiger partial charge in [0.25, 0.3) is 0 Å². The van der Waals surface area contributed by atoms with Gasteiger partial charge in [-0.05, 0) is 60.7 Å². The van der Waals surface area contributed by atoms with Crippen LogP contribution >= 0.6 is 0 Å². The van der Waals surface area contributed by atoms with Crippen LogP contribution in [0, 0.1) is 11.6 Å². The van der Waals surface area contributed by atoms with Gasteiger partial charge in [0.15, 0.2) is 17.3 Å². The molecule has 30 heavy (non-hydrogen) atoms. The first-order valence-corrected chi connectivity index (χ1v) is 9.20. The van der Waals surface area contributed by atoms with Gasteiger partial charge < -0.3 is 9.47 Å². The number of halogens is 2. The highest BCUT2D eigenvalue weighted by Crippen LogP contribution is 2.39. The van der Waals surface area contributed by atoms with Gasteiger partial charge in [0.2, 0.25) is 0 Å². The molecule has 0 atom stereocenters. The number of ether oxygens (including phenoxy) is 2. The van der Waals surface area contributed by atoms with Gasteiger partial charge in [-0.25, -0.2) is 8.78 Å². The maximum atomic E-state index is 13.3. The Bertz CT molecular complexity index is 1160. The van der Waals surface area contributed by atoms with E-state index in [0.717, 1.165) is 0 Å². The number of ketones is 1. The highest BCUT2D eigenvalue weighted by atomic mass is 19.1. The fourth-order valence-electron chi connectivity index (χ4n) is 2.88. The lowest BCUT2D eigenvalue weighted by Crippen LogP contribution is -2.05. The third-order valence-corrected chi connectivity index (χ3v) is 4.33. The van der Waals surface area contributed by atoms with Gasteiger partial charge in [0, 0.05) is 5.56 Å². The van der Waals surface area contributed by atoms with Crippen LogP contribution in [0.2, 0.25) is 0 Å². The zero-order valence-corrected chi connectivity index (χ0v) is 15.7. The van der Waals surface area contributed by atoms with Gasteiger partial charge in [0.1, 0.15) is 23.1 Å². The molecule has 0 spiro atoms. The maximum Gasteiger partial charge on any atom is 0.196 e. The highest BCUT2D eigenvalue weighted by molar-refractivity contribution is 6.11. The first-order valence-electron chi connectivity index (χ1n) is 9.20. The lowest BCUT2D eigenvalue weighted by atomic mass is 10.0. The second kappa shape index (κ2) is 8.57. The summed E-state index contributed by atoms with van der Waals surface area (Å²) < 4.78 is 38.3. The molecule has 0 aliphatic heterocycles. The van der Waals surface area contributed by atoms with Crippen LogP contribution in [0.3, 0.4) is 0 Å². The van der Waals surface area contributed by atoms with Crippen LogP contribution < -0.4 is 9.47 Å². The summed E-state index contributed by atoms with van der Waals surface area (Å²) in [7, 11) is 0. The molecule has 4 aromatic carbocycles. The van der Waals surface area contributed by atoms with E-state index in [1.54, 1.807) is 42.5 Å².